The fourth-order valence-corrected chi connectivity index (χ4v) is 4.90. The van der Waals surface area contributed by atoms with E-state index in [1.807, 2.05) is 72.3 Å². The summed E-state index contributed by atoms with van der Waals surface area (Å²) in [6.07, 6.45) is 4.47. The van der Waals surface area contributed by atoms with Crippen molar-refractivity contribution in [3.63, 3.8) is 0 Å². The van der Waals surface area contributed by atoms with Gasteiger partial charge in [0.2, 0.25) is 0 Å². The average molecular weight is 567 g/mol. The van der Waals surface area contributed by atoms with E-state index in [1.54, 1.807) is 31.3 Å². The molecule has 1 aromatic heterocycles. The van der Waals surface area contributed by atoms with Crippen LogP contribution in [0.5, 0.6) is 0 Å². The minimum atomic E-state index is -3.39. The van der Waals surface area contributed by atoms with Crippen molar-refractivity contribution in [2.24, 2.45) is 4.99 Å². The van der Waals surface area contributed by atoms with Gasteiger partial charge in [0, 0.05) is 38.4 Å². The first-order valence-electron chi connectivity index (χ1n) is 10.2. The number of sulfone groups is 1. The van der Waals surface area contributed by atoms with E-state index in [2.05, 4.69) is 15.4 Å². The van der Waals surface area contributed by atoms with Crippen LogP contribution >= 0.6 is 24.0 Å². The van der Waals surface area contributed by atoms with Gasteiger partial charge in [0.1, 0.15) is 0 Å². The standard InChI is InChI=1S/C23H29N5O2S.HI/c1-4-20(18-31(29,30)22-13-9-6-10-14-22)26-23(24-2)27(3)16-19-15-25-28(17-19)21-11-7-5-8-12-21;/h5-15,17,20H,4,16,18H2,1-3H3,(H,24,26);1H. The molecule has 7 nitrogen and oxygen atoms in total. The van der Waals surface area contributed by atoms with Crippen LogP contribution in [-0.2, 0) is 16.4 Å². The molecule has 3 aromatic rings. The van der Waals surface area contributed by atoms with Gasteiger partial charge < -0.3 is 10.2 Å². The third kappa shape index (κ3) is 6.80. The van der Waals surface area contributed by atoms with Crippen molar-refractivity contribution in [3.05, 3.63) is 78.6 Å². The van der Waals surface area contributed by atoms with Crippen molar-refractivity contribution in [2.75, 3.05) is 19.8 Å². The Morgan fingerprint density at radius 3 is 2.34 bits per heavy atom. The first-order chi connectivity index (χ1) is 14.9. The van der Waals surface area contributed by atoms with Crippen LogP contribution in [0, 0.1) is 0 Å². The Kier molecular flexibility index (Phi) is 9.70. The summed E-state index contributed by atoms with van der Waals surface area (Å²) >= 11 is 0. The Morgan fingerprint density at radius 2 is 1.75 bits per heavy atom. The lowest BCUT2D eigenvalue weighted by molar-refractivity contribution is 0.460. The molecule has 0 saturated carbocycles. The molecule has 0 saturated heterocycles. The molecular formula is C23H30IN5O2S. The quantitative estimate of drug-likeness (QED) is 0.255. The lowest BCUT2D eigenvalue weighted by Gasteiger charge is -2.26. The van der Waals surface area contributed by atoms with Gasteiger partial charge in [0.05, 0.1) is 22.5 Å². The van der Waals surface area contributed by atoms with Crippen molar-refractivity contribution < 1.29 is 8.42 Å². The molecule has 2 aromatic carbocycles. The minimum absolute atomic E-state index is 0. The van der Waals surface area contributed by atoms with E-state index >= 15 is 0 Å². The van der Waals surface area contributed by atoms with Crippen molar-refractivity contribution in [3.8, 4) is 5.69 Å². The summed E-state index contributed by atoms with van der Waals surface area (Å²) in [5.41, 5.74) is 2.02. The number of aromatic nitrogens is 2. The number of rotatable bonds is 8. The number of guanidine groups is 1. The van der Waals surface area contributed by atoms with E-state index in [-0.39, 0.29) is 35.8 Å². The summed E-state index contributed by atoms with van der Waals surface area (Å²) < 4.78 is 27.4. The fourth-order valence-electron chi connectivity index (χ4n) is 3.29. The van der Waals surface area contributed by atoms with E-state index in [9.17, 15) is 8.42 Å². The van der Waals surface area contributed by atoms with Gasteiger partial charge in [-0.2, -0.15) is 5.10 Å². The average Bonchev–Trinajstić information content (AvgIpc) is 3.26. The van der Waals surface area contributed by atoms with E-state index in [0.717, 1.165) is 11.3 Å². The van der Waals surface area contributed by atoms with Gasteiger partial charge >= 0.3 is 0 Å². The Bertz CT molecular complexity index is 1100. The van der Waals surface area contributed by atoms with Gasteiger partial charge in [-0.25, -0.2) is 13.1 Å². The van der Waals surface area contributed by atoms with Gasteiger partial charge in [-0.1, -0.05) is 43.3 Å². The van der Waals surface area contributed by atoms with Gasteiger partial charge in [0.15, 0.2) is 15.8 Å². The monoisotopic (exact) mass is 567 g/mol. The van der Waals surface area contributed by atoms with Crippen LogP contribution in [0.4, 0.5) is 0 Å². The molecule has 0 aliphatic heterocycles. The highest BCUT2D eigenvalue weighted by molar-refractivity contribution is 14.0. The van der Waals surface area contributed by atoms with Gasteiger partial charge in [0.25, 0.3) is 0 Å². The summed E-state index contributed by atoms with van der Waals surface area (Å²) in [6, 6.07) is 18.2. The molecule has 1 heterocycles. The largest absolute Gasteiger partial charge is 0.352 e. The van der Waals surface area contributed by atoms with Crippen molar-refractivity contribution in [1.29, 1.82) is 0 Å². The number of hydrogen-bond donors (Lipinski definition) is 1. The number of benzene rings is 2. The Morgan fingerprint density at radius 1 is 1.12 bits per heavy atom. The first-order valence-corrected chi connectivity index (χ1v) is 11.9. The highest BCUT2D eigenvalue weighted by atomic mass is 127. The van der Waals surface area contributed by atoms with Crippen LogP contribution in [0.3, 0.4) is 0 Å². The maximum Gasteiger partial charge on any atom is 0.193 e. The molecule has 0 fully saturated rings. The maximum atomic E-state index is 12.8. The second-order valence-electron chi connectivity index (χ2n) is 7.38. The number of halogens is 1. The molecule has 1 N–H and O–H groups in total. The second kappa shape index (κ2) is 12.0. The smallest absolute Gasteiger partial charge is 0.193 e. The van der Waals surface area contributed by atoms with Crippen LogP contribution in [0.15, 0.2) is 82.9 Å². The molecule has 0 aliphatic carbocycles. The maximum absolute atomic E-state index is 12.8. The molecule has 1 unspecified atom stereocenters. The highest BCUT2D eigenvalue weighted by Crippen LogP contribution is 2.13. The van der Waals surface area contributed by atoms with Crippen molar-refractivity contribution in [1.82, 2.24) is 20.0 Å². The Balaban J connectivity index is 0.00000363. The molecule has 0 spiro atoms. The third-order valence-electron chi connectivity index (χ3n) is 5.00. The van der Waals surface area contributed by atoms with E-state index < -0.39 is 9.84 Å². The zero-order valence-electron chi connectivity index (χ0n) is 18.5. The van der Waals surface area contributed by atoms with Crippen LogP contribution < -0.4 is 5.32 Å². The van der Waals surface area contributed by atoms with Crippen LogP contribution in [0.1, 0.15) is 18.9 Å². The number of aliphatic imine (C=N–C) groups is 1. The first kappa shape index (κ1) is 25.9. The van der Waals surface area contributed by atoms with Crippen LogP contribution in [0.25, 0.3) is 5.69 Å². The zero-order valence-corrected chi connectivity index (χ0v) is 21.7. The Hall–Kier alpha value is -2.40. The number of nitrogens with one attached hydrogen (secondary N) is 1. The minimum Gasteiger partial charge on any atom is -0.352 e. The molecule has 3 rings (SSSR count). The van der Waals surface area contributed by atoms with E-state index in [4.69, 9.17) is 0 Å². The number of hydrogen-bond acceptors (Lipinski definition) is 4. The number of nitrogens with zero attached hydrogens (tertiary/aromatic N) is 4. The topological polar surface area (TPSA) is 79.6 Å². The van der Waals surface area contributed by atoms with Crippen molar-refractivity contribution in [2.45, 2.75) is 30.8 Å². The van der Waals surface area contributed by atoms with E-state index in [1.165, 1.54) is 0 Å². The molecule has 172 valence electrons. The fraction of sp³-hybridized carbons (Fsp3) is 0.304. The van der Waals surface area contributed by atoms with Gasteiger partial charge in [-0.05, 0) is 30.7 Å². The lowest BCUT2D eigenvalue weighted by atomic mass is 10.2. The molecule has 0 aliphatic rings. The molecule has 1 atom stereocenters. The lowest BCUT2D eigenvalue weighted by Crippen LogP contribution is -2.46. The van der Waals surface area contributed by atoms with E-state index in [0.29, 0.717) is 23.8 Å². The second-order valence-corrected chi connectivity index (χ2v) is 9.41. The third-order valence-corrected chi connectivity index (χ3v) is 6.83. The summed E-state index contributed by atoms with van der Waals surface area (Å²) in [4.78, 5) is 6.65. The summed E-state index contributed by atoms with van der Waals surface area (Å²) in [6.45, 7) is 2.56. The van der Waals surface area contributed by atoms with Gasteiger partial charge in [-0.3, -0.25) is 4.99 Å². The van der Waals surface area contributed by atoms with Gasteiger partial charge in [-0.15, -0.1) is 24.0 Å². The van der Waals surface area contributed by atoms with Crippen LogP contribution in [-0.4, -0.2) is 54.9 Å². The molecule has 9 heteroatoms. The zero-order chi connectivity index (χ0) is 22.3. The van der Waals surface area contributed by atoms with Crippen LogP contribution in [0.2, 0.25) is 0 Å². The Labute approximate surface area is 207 Å². The summed E-state index contributed by atoms with van der Waals surface area (Å²) in [5, 5.41) is 7.74. The molecule has 0 radical (unpaired) electrons. The number of para-hydroxylation sites is 1. The predicted octanol–water partition coefficient (Wildman–Crippen LogP) is 3.75. The summed E-state index contributed by atoms with van der Waals surface area (Å²) in [5.74, 6) is 0.648. The highest BCUT2D eigenvalue weighted by Gasteiger charge is 2.22. The summed E-state index contributed by atoms with van der Waals surface area (Å²) in [7, 11) is 0.237. The normalized spacial score (nSPS) is 12.7. The molecule has 0 amide bonds. The molecule has 0 bridgehead atoms. The van der Waals surface area contributed by atoms with Crippen molar-refractivity contribution >= 4 is 39.8 Å². The SMILES string of the molecule is CCC(CS(=O)(=O)c1ccccc1)NC(=NC)N(C)Cc1cnn(-c2ccccc2)c1.I. The predicted molar refractivity (Wildman–Crippen MR) is 140 cm³/mol. The molecular weight excluding hydrogens is 537 g/mol. The molecule has 32 heavy (non-hydrogen) atoms.